The van der Waals surface area contributed by atoms with Crippen LogP contribution in [0.5, 0.6) is 0 Å². The molecule has 1 N–H and O–H groups in total. The van der Waals surface area contributed by atoms with Gasteiger partial charge in [0.25, 0.3) is 5.91 Å². The molecule has 0 atom stereocenters. The highest BCUT2D eigenvalue weighted by atomic mass is 32.2. The van der Waals surface area contributed by atoms with E-state index in [0.717, 1.165) is 36.4 Å². The predicted molar refractivity (Wildman–Crippen MR) is 101 cm³/mol. The lowest BCUT2D eigenvalue weighted by molar-refractivity contribution is -0.127. The standard InChI is InChI=1S/C20H22N2O2S/c23-19(22-12-6-7-13-22)15-25-18-11-5-4-10-17(18)20(24)21-14-16-8-2-1-3-9-16/h1-5,8-11H,6-7,12-15H2,(H,21,24). The lowest BCUT2D eigenvalue weighted by Gasteiger charge is -2.15. The van der Waals surface area contributed by atoms with Crippen LogP contribution in [0.4, 0.5) is 0 Å². The van der Waals surface area contributed by atoms with Gasteiger partial charge in [-0.05, 0) is 30.5 Å². The molecular weight excluding hydrogens is 332 g/mol. The molecule has 1 fully saturated rings. The molecule has 2 aromatic rings. The second-order valence-corrected chi connectivity index (χ2v) is 7.06. The van der Waals surface area contributed by atoms with E-state index >= 15 is 0 Å². The van der Waals surface area contributed by atoms with E-state index in [4.69, 9.17) is 0 Å². The minimum Gasteiger partial charge on any atom is -0.348 e. The van der Waals surface area contributed by atoms with E-state index in [1.165, 1.54) is 11.8 Å². The summed E-state index contributed by atoms with van der Waals surface area (Å²) in [5.74, 6) is 0.422. The Morgan fingerprint density at radius 1 is 0.960 bits per heavy atom. The molecular formula is C20H22N2O2S. The Bertz CT molecular complexity index is 727. The zero-order chi connectivity index (χ0) is 17.5. The minimum atomic E-state index is -0.111. The number of carbonyl (C=O) groups is 2. The van der Waals surface area contributed by atoms with Crippen LogP contribution in [-0.4, -0.2) is 35.6 Å². The summed E-state index contributed by atoms with van der Waals surface area (Å²) in [6.45, 7) is 2.21. The topological polar surface area (TPSA) is 49.4 Å². The van der Waals surface area contributed by atoms with Gasteiger partial charge < -0.3 is 10.2 Å². The Morgan fingerprint density at radius 2 is 1.64 bits per heavy atom. The SMILES string of the molecule is O=C(NCc1ccccc1)c1ccccc1SCC(=O)N1CCCC1. The second kappa shape index (κ2) is 8.72. The molecule has 1 aliphatic heterocycles. The quantitative estimate of drug-likeness (QED) is 0.810. The highest BCUT2D eigenvalue weighted by Gasteiger charge is 2.19. The van der Waals surface area contributed by atoms with Crippen molar-refractivity contribution in [3.05, 3.63) is 65.7 Å². The van der Waals surface area contributed by atoms with Gasteiger partial charge in [0, 0.05) is 24.5 Å². The Morgan fingerprint density at radius 3 is 2.40 bits per heavy atom. The normalized spacial score (nSPS) is 13.7. The van der Waals surface area contributed by atoms with Crippen LogP contribution in [0.2, 0.25) is 0 Å². The zero-order valence-electron chi connectivity index (χ0n) is 14.1. The van der Waals surface area contributed by atoms with Crippen LogP contribution in [-0.2, 0) is 11.3 Å². The molecule has 0 aliphatic carbocycles. The lowest BCUT2D eigenvalue weighted by atomic mass is 10.2. The number of rotatable bonds is 6. The number of thioether (sulfide) groups is 1. The summed E-state index contributed by atoms with van der Waals surface area (Å²) in [5, 5.41) is 2.95. The molecule has 2 aromatic carbocycles. The van der Waals surface area contributed by atoms with Crippen molar-refractivity contribution < 1.29 is 9.59 Å². The number of carbonyl (C=O) groups excluding carboxylic acids is 2. The maximum atomic E-state index is 12.5. The maximum Gasteiger partial charge on any atom is 0.252 e. The first kappa shape index (κ1) is 17.5. The first-order valence-electron chi connectivity index (χ1n) is 8.56. The molecule has 1 saturated heterocycles. The van der Waals surface area contributed by atoms with E-state index < -0.39 is 0 Å². The maximum absolute atomic E-state index is 12.5. The van der Waals surface area contributed by atoms with E-state index in [2.05, 4.69) is 5.32 Å². The Hall–Kier alpha value is -2.27. The van der Waals surface area contributed by atoms with Crippen molar-refractivity contribution in [2.45, 2.75) is 24.3 Å². The smallest absolute Gasteiger partial charge is 0.252 e. The molecule has 1 heterocycles. The van der Waals surface area contributed by atoms with Crippen LogP contribution < -0.4 is 5.32 Å². The summed E-state index contributed by atoms with van der Waals surface area (Å²) in [7, 11) is 0. The van der Waals surface area contributed by atoms with Gasteiger partial charge in [0.1, 0.15) is 0 Å². The van der Waals surface area contributed by atoms with Gasteiger partial charge in [0.2, 0.25) is 5.91 Å². The molecule has 0 radical (unpaired) electrons. The van der Waals surface area contributed by atoms with Gasteiger partial charge >= 0.3 is 0 Å². The average molecular weight is 354 g/mol. The Labute approximate surface area is 152 Å². The van der Waals surface area contributed by atoms with Gasteiger partial charge in [0.15, 0.2) is 0 Å². The fourth-order valence-electron chi connectivity index (χ4n) is 2.85. The third kappa shape index (κ3) is 4.86. The highest BCUT2D eigenvalue weighted by Crippen LogP contribution is 2.23. The second-order valence-electron chi connectivity index (χ2n) is 6.04. The molecule has 1 aliphatic rings. The number of nitrogens with one attached hydrogen (secondary N) is 1. The highest BCUT2D eigenvalue weighted by molar-refractivity contribution is 8.00. The van der Waals surface area contributed by atoms with Crippen molar-refractivity contribution in [3.63, 3.8) is 0 Å². The number of hydrogen-bond acceptors (Lipinski definition) is 3. The minimum absolute atomic E-state index is 0.111. The van der Waals surface area contributed by atoms with Gasteiger partial charge in [-0.2, -0.15) is 0 Å². The molecule has 0 bridgehead atoms. The zero-order valence-corrected chi connectivity index (χ0v) is 14.9. The van der Waals surface area contributed by atoms with Crippen LogP contribution in [0.15, 0.2) is 59.5 Å². The first-order valence-corrected chi connectivity index (χ1v) is 9.54. The monoisotopic (exact) mass is 354 g/mol. The van der Waals surface area contributed by atoms with Gasteiger partial charge in [-0.1, -0.05) is 42.5 Å². The number of benzene rings is 2. The van der Waals surface area contributed by atoms with E-state index in [-0.39, 0.29) is 11.8 Å². The molecule has 5 heteroatoms. The van der Waals surface area contributed by atoms with Crippen molar-refractivity contribution in [2.24, 2.45) is 0 Å². The summed E-state index contributed by atoms with van der Waals surface area (Å²) in [6.07, 6.45) is 2.18. The number of amides is 2. The molecule has 3 rings (SSSR count). The largest absolute Gasteiger partial charge is 0.348 e. The fraction of sp³-hybridized carbons (Fsp3) is 0.300. The first-order chi connectivity index (χ1) is 12.2. The fourth-order valence-corrected chi connectivity index (χ4v) is 3.80. The van der Waals surface area contributed by atoms with Crippen molar-refractivity contribution in [2.75, 3.05) is 18.8 Å². The van der Waals surface area contributed by atoms with Crippen LogP contribution in [0.25, 0.3) is 0 Å². The summed E-state index contributed by atoms with van der Waals surface area (Å²) in [5.41, 5.74) is 1.68. The number of nitrogens with zero attached hydrogens (tertiary/aromatic N) is 1. The van der Waals surface area contributed by atoms with Crippen LogP contribution in [0.1, 0.15) is 28.8 Å². The molecule has 0 saturated carbocycles. The van der Waals surface area contributed by atoms with Crippen molar-refractivity contribution in [1.29, 1.82) is 0 Å². The van der Waals surface area contributed by atoms with E-state index in [1.807, 2.05) is 59.5 Å². The Balaban J connectivity index is 1.59. The molecule has 130 valence electrons. The van der Waals surface area contributed by atoms with Crippen molar-refractivity contribution >= 4 is 23.6 Å². The average Bonchev–Trinajstić information content (AvgIpc) is 3.20. The molecule has 4 nitrogen and oxygen atoms in total. The van der Waals surface area contributed by atoms with Crippen LogP contribution in [0, 0.1) is 0 Å². The van der Waals surface area contributed by atoms with Crippen LogP contribution in [0.3, 0.4) is 0 Å². The van der Waals surface area contributed by atoms with Gasteiger partial charge in [-0.15, -0.1) is 11.8 Å². The number of likely N-dealkylation sites (tertiary alicyclic amines) is 1. The van der Waals surface area contributed by atoms with Crippen molar-refractivity contribution in [3.8, 4) is 0 Å². The van der Waals surface area contributed by atoms with E-state index in [0.29, 0.717) is 17.9 Å². The van der Waals surface area contributed by atoms with Gasteiger partial charge in [-0.3, -0.25) is 9.59 Å². The summed E-state index contributed by atoms with van der Waals surface area (Å²) in [6, 6.07) is 17.3. The third-order valence-electron chi connectivity index (χ3n) is 4.24. The van der Waals surface area contributed by atoms with Crippen LogP contribution >= 0.6 is 11.8 Å². The summed E-state index contributed by atoms with van der Waals surface area (Å²) < 4.78 is 0. The summed E-state index contributed by atoms with van der Waals surface area (Å²) >= 11 is 1.44. The Kier molecular flexibility index (Phi) is 6.12. The summed E-state index contributed by atoms with van der Waals surface area (Å²) in [4.78, 5) is 27.5. The van der Waals surface area contributed by atoms with Gasteiger partial charge in [-0.25, -0.2) is 0 Å². The van der Waals surface area contributed by atoms with Gasteiger partial charge in [0.05, 0.1) is 11.3 Å². The van der Waals surface area contributed by atoms with E-state index in [1.54, 1.807) is 0 Å². The van der Waals surface area contributed by atoms with E-state index in [9.17, 15) is 9.59 Å². The molecule has 0 aromatic heterocycles. The molecule has 2 amide bonds. The lowest BCUT2D eigenvalue weighted by Crippen LogP contribution is -2.29. The predicted octanol–water partition coefficient (Wildman–Crippen LogP) is 3.33. The molecule has 0 unspecified atom stereocenters. The number of hydrogen-bond donors (Lipinski definition) is 1. The third-order valence-corrected chi connectivity index (χ3v) is 5.30. The molecule has 25 heavy (non-hydrogen) atoms. The van der Waals surface area contributed by atoms with Crippen molar-refractivity contribution in [1.82, 2.24) is 10.2 Å². The molecule has 0 spiro atoms.